The standard InChI is InChI=1S/C25H17NO/c27-21-11-7-8-18(16-21)19-14-15-25-23(17-19)22-12-5-2-6-13-24(22)26(25)20-9-3-1-4-10-20/h1,3-4,6-11,13-17,27H,2H2. The number of allylic oxidation sites excluding steroid dienone is 1. The zero-order chi connectivity index (χ0) is 18.2. The predicted octanol–water partition coefficient (Wildman–Crippen LogP) is 5.77. The van der Waals surface area contributed by atoms with Gasteiger partial charge in [0.1, 0.15) is 5.75 Å². The van der Waals surface area contributed by atoms with Crippen molar-refractivity contribution >= 4 is 17.0 Å². The van der Waals surface area contributed by atoms with Crippen molar-refractivity contribution in [3.05, 3.63) is 90.1 Å². The van der Waals surface area contributed by atoms with E-state index in [1.807, 2.05) is 18.2 Å². The summed E-state index contributed by atoms with van der Waals surface area (Å²) in [4.78, 5) is 0. The van der Waals surface area contributed by atoms with Crippen LogP contribution in [-0.4, -0.2) is 9.67 Å². The smallest absolute Gasteiger partial charge is 0.116 e. The molecule has 5 rings (SSSR count). The molecule has 1 heterocycles. The van der Waals surface area contributed by atoms with Crippen LogP contribution in [0.1, 0.15) is 17.7 Å². The van der Waals surface area contributed by atoms with E-state index in [4.69, 9.17) is 0 Å². The first kappa shape index (κ1) is 15.5. The Labute approximate surface area is 158 Å². The number of benzene rings is 3. The second-order valence-corrected chi connectivity index (χ2v) is 6.62. The van der Waals surface area contributed by atoms with Gasteiger partial charge < -0.3 is 9.67 Å². The van der Waals surface area contributed by atoms with E-state index in [2.05, 4.69) is 71.0 Å². The van der Waals surface area contributed by atoms with Crippen LogP contribution < -0.4 is 0 Å². The molecule has 0 unspecified atom stereocenters. The maximum absolute atomic E-state index is 9.83. The molecule has 0 atom stereocenters. The largest absolute Gasteiger partial charge is 0.508 e. The highest BCUT2D eigenvalue weighted by atomic mass is 16.3. The fourth-order valence-corrected chi connectivity index (χ4v) is 3.69. The SMILES string of the molecule is Oc1cccc(-c2ccc3c(c2)c2c(n3-c3ccccc3)C=CCC#C2)c1. The van der Waals surface area contributed by atoms with Crippen molar-refractivity contribution in [3.8, 4) is 34.4 Å². The minimum absolute atomic E-state index is 0.274. The Morgan fingerprint density at radius 3 is 2.56 bits per heavy atom. The molecule has 128 valence electrons. The summed E-state index contributed by atoms with van der Waals surface area (Å²) in [7, 11) is 0. The number of aromatic nitrogens is 1. The molecular weight excluding hydrogens is 330 g/mol. The summed E-state index contributed by atoms with van der Waals surface area (Å²) >= 11 is 0. The van der Waals surface area contributed by atoms with E-state index in [-0.39, 0.29) is 5.75 Å². The Hall–Kier alpha value is -3.70. The second-order valence-electron chi connectivity index (χ2n) is 6.62. The zero-order valence-corrected chi connectivity index (χ0v) is 14.7. The van der Waals surface area contributed by atoms with Gasteiger partial charge in [-0.15, -0.1) is 0 Å². The zero-order valence-electron chi connectivity index (χ0n) is 14.7. The summed E-state index contributed by atoms with van der Waals surface area (Å²) in [6.45, 7) is 0. The summed E-state index contributed by atoms with van der Waals surface area (Å²) in [5.74, 6) is 6.88. The number of phenols is 1. The van der Waals surface area contributed by atoms with Gasteiger partial charge in [0.2, 0.25) is 0 Å². The number of rotatable bonds is 2. The van der Waals surface area contributed by atoms with Crippen molar-refractivity contribution < 1.29 is 5.11 Å². The first-order chi connectivity index (χ1) is 13.3. The van der Waals surface area contributed by atoms with Crippen molar-refractivity contribution in [1.29, 1.82) is 0 Å². The molecule has 1 aliphatic carbocycles. The fraction of sp³-hybridized carbons (Fsp3) is 0.0400. The third-order valence-corrected chi connectivity index (χ3v) is 4.91. The molecule has 27 heavy (non-hydrogen) atoms. The number of hydrogen-bond donors (Lipinski definition) is 1. The first-order valence-corrected chi connectivity index (χ1v) is 9.00. The number of nitrogens with zero attached hydrogens (tertiary/aromatic N) is 1. The minimum atomic E-state index is 0.274. The van der Waals surface area contributed by atoms with Gasteiger partial charge in [-0.25, -0.2) is 0 Å². The van der Waals surface area contributed by atoms with E-state index < -0.39 is 0 Å². The molecule has 0 saturated heterocycles. The third-order valence-electron chi connectivity index (χ3n) is 4.91. The van der Waals surface area contributed by atoms with Crippen LogP contribution in [0.4, 0.5) is 0 Å². The Morgan fingerprint density at radius 2 is 1.70 bits per heavy atom. The van der Waals surface area contributed by atoms with Gasteiger partial charge in [-0.3, -0.25) is 0 Å². The molecule has 0 spiro atoms. The molecular formula is C25H17NO. The summed E-state index contributed by atoms with van der Waals surface area (Å²) in [5, 5.41) is 11.0. The highest BCUT2D eigenvalue weighted by molar-refractivity contribution is 5.96. The Morgan fingerprint density at radius 1 is 0.852 bits per heavy atom. The summed E-state index contributed by atoms with van der Waals surface area (Å²) in [6, 6.07) is 24.2. The van der Waals surface area contributed by atoms with E-state index in [1.165, 1.54) is 0 Å². The first-order valence-electron chi connectivity index (χ1n) is 9.00. The lowest BCUT2D eigenvalue weighted by Gasteiger charge is -2.09. The molecule has 3 aromatic carbocycles. The maximum atomic E-state index is 9.83. The molecule has 0 saturated carbocycles. The number of phenolic OH excluding ortho intramolecular Hbond substituents is 1. The van der Waals surface area contributed by atoms with E-state index in [0.29, 0.717) is 0 Å². The molecule has 1 N–H and O–H groups in total. The van der Waals surface area contributed by atoms with Crippen molar-refractivity contribution in [2.75, 3.05) is 0 Å². The van der Waals surface area contributed by atoms with Crippen LogP contribution in [0.25, 0.3) is 33.8 Å². The van der Waals surface area contributed by atoms with Gasteiger partial charge in [-0.2, -0.15) is 0 Å². The fourth-order valence-electron chi connectivity index (χ4n) is 3.69. The molecule has 0 radical (unpaired) electrons. The Kier molecular flexibility index (Phi) is 3.59. The second kappa shape index (κ2) is 6.23. The van der Waals surface area contributed by atoms with Gasteiger partial charge in [0.15, 0.2) is 0 Å². The minimum Gasteiger partial charge on any atom is -0.508 e. The molecule has 2 heteroatoms. The molecule has 4 aromatic rings. The Bertz CT molecular complexity index is 1250. The average molecular weight is 347 g/mol. The number of hydrogen-bond acceptors (Lipinski definition) is 1. The van der Waals surface area contributed by atoms with Gasteiger partial charge in [0.05, 0.1) is 16.8 Å². The van der Waals surface area contributed by atoms with Crippen molar-refractivity contribution in [2.45, 2.75) is 6.42 Å². The van der Waals surface area contributed by atoms with E-state index in [1.54, 1.807) is 12.1 Å². The van der Waals surface area contributed by atoms with E-state index in [0.717, 1.165) is 45.4 Å². The monoisotopic (exact) mass is 347 g/mol. The molecule has 0 bridgehead atoms. The number of para-hydroxylation sites is 1. The third kappa shape index (κ3) is 2.61. The van der Waals surface area contributed by atoms with Crippen LogP contribution in [0.5, 0.6) is 5.75 Å². The normalized spacial score (nSPS) is 12.3. The molecule has 1 aromatic heterocycles. The van der Waals surface area contributed by atoms with Crippen LogP contribution in [0, 0.1) is 11.8 Å². The lowest BCUT2D eigenvalue weighted by atomic mass is 10.0. The van der Waals surface area contributed by atoms with Gasteiger partial charge in [0, 0.05) is 17.5 Å². The number of aromatic hydroxyl groups is 1. The van der Waals surface area contributed by atoms with Crippen LogP contribution in [0.3, 0.4) is 0 Å². The summed E-state index contributed by atoms with van der Waals surface area (Å²) < 4.78 is 2.27. The van der Waals surface area contributed by atoms with Crippen LogP contribution in [0.2, 0.25) is 0 Å². The predicted molar refractivity (Wildman–Crippen MR) is 111 cm³/mol. The summed E-state index contributed by atoms with van der Waals surface area (Å²) in [6.07, 6.45) is 5.04. The van der Waals surface area contributed by atoms with Crippen LogP contribution >= 0.6 is 0 Å². The molecule has 0 amide bonds. The van der Waals surface area contributed by atoms with Crippen molar-refractivity contribution in [1.82, 2.24) is 4.57 Å². The van der Waals surface area contributed by atoms with Gasteiger partial charge >= 0.3 is 0 Å². The average Bonchev–Trinajstić information content (AvgIpc) is 2.84. The Balaban J connectivity index is 1.82. The van der Waals surface area contributed by atoms with Gasteiger partial charge in [0.25, 0.3) is 0 Å². The molecule has 0 fully saturated rings. The van der Waals surface area contributed by atoms with Crippen LogP contribution in [0.15, 0.2) is 78.9 Å². The summed E-state index contributed by atoms with van der Waals surface area (Å²) in [5.41, 5.74) is 6.51. The van der Waals surface area contributed by atoms with E-state index >= 15 is 0 Å². The van der Waals surface area contributed by atoms with Crippen molar-refractivity contribution in [2.24, 2.45) is 0 Å². The highest BCUT2D eigenvalue weighted by Gasteiger charge is 2.17. The van der Waals surface area contributed by atoms with Crippen LogP contribution in [-0.2, 0) is 0 Å². The van der Waals surface area contributed by atoms with E-state index in [9.17, 15) is 5.11 Å². The quantitative estimate of drug-likeness (QED) is 0.457. The van der Waals surface area contributed by atoms with Gasteiger partial charge in [-0.05, 0) is 53.6 Å². The topological polar surface area (TPSA) is 25.2 Å². The molecule has 2 nitrogen and oxygen atoms in total. The lowest BCUT2D eigenvalue weighted by Crippen LogP contribution is -1.96. The molecule has 1 aliphatic rings. The lowest BCUT2D eigenvalue weighted by molar-refractivity contribution is 0.475. The van der Waals surface area contributed by atoms with Crippen molar-refractivity contribution in [3.63, 3.8) is 0 Å². The highest BCUT2D eigenvalue weighted by Crippen LogP contribution is 2.34. The van der Waals surface area contributed by atoms with Gasteiger partial charge in [-0.1, -0.05) is 54.3 Å². The maximum Gasteiger partial charge on any atom is 0.116 e. The molecule has 0 aliphatic heterocycles. The number of fused-ring (bicyclic) bond motifs is 3.